The van der Waals surface area contributed by atoms with Crippen molar-refractivity contribution in [3.63, 3.8) is 0 Å². The molecule has 1 aliphatic rings. The van der Waals surface area contributed by atoms with Gasteiger partial charge in [-0.15, -0.1) is 11.3 Å². The Bertz CT molecular complexity index is 881. The molecule has 1 saturated heterocycles. The molecule has 0 unspecified atom stereocenters. The number of carbonyl (C=O) groups excluding carboxylic acids is 1. The molecule has 1 amide bonds. The van der Waals surface area contributed by atoms with Gasteiger partial charge in [-0.2, -0.15) is 4.98 Å². The van der Waals surface area contributed by atoms with Crippen LogP contribution in [0.3, 0.4) is 0 Å². The molecule has 7 heteroatoms. The zero-order valence-corrected chi connectivity index (χ0v) is 16.0. The Kier molecular flexibility index (Phi) is 5.20. The molecule has 0 saturated carbocycles. The summed E-state index contributed by atoms with van der Waals surface area (Å²) in [6, 6.07) is 12.0. The number of piperidine rings is 1. The van der Waals surface area contributed by atoms with Gasteiger partial charge in [-0.05, 0) is 54.5 Å². The zero-order valence-electron chi connectivity index (χ0n) is 15.2. The molecule has 2 aromatic heterocycles. The first-order valence-electron chi connectivity index (χ1n) is 9.19. The lowest BCUT2D eigenvalue weighted by molar-refractivity contribution is 0.0907. The van der Waals surface area contributed by atoms with Crippen LogP contribution in [0.25, 0.3) is 11.4 Å². The summed E-state index contributed by atoms with van der Waals surface area (Å²) in [5, 5.41) is 8.71. The Hall–Kier alpha value is -2.67. The number of carbonyl (C=O) groups is 1. The minimum atomic E-state index is -0.360. The molecular formula is C20H22N4O2S. The van der Waals surface area contributed by atoms with Crippen molar-refractivity contribution in [1.29, 1.82) is 0 Å². The molecule has 0 spiro atoms. The molecule has 27 heavy (non-hydrogen) atoms. The molecule has 1 fully saturated rings. The summed E-state index contributed by atoms with van der Waals surface area (Å²) in [7, 11) is 0. The Morgan fingerprint density at radius 2 is 2.04 bits per heavy atom. The van der Waals surface area contributed by atoms with Gasteiger partial charge < -0.3 is 14.7 Å². The first-order valence-corrected chi connectivity index (χ1v) is 10.1. The molecule has 3 heterocycles. The monoisotopic (exact) mass is 382 g/mol. The largest absolute Gasteiger partial charge is 0.372 e. The first kappa shape index (κ1) is 17.7. The van der Waals surface area contributed by atoms with Gasteiger partial charge >= 0.3 is 11.8 Å². The topological polar surface area (TPSA) is 71.3 Å². The molecule has 0 bridgehead atoms. The fourth-order valence-electron chi connectivity index (χ4n) is 3.18. The minimum Gasteiger partial charge on any atom is -0.372 e. The number of amides is 1. The summed E-state index contributed by atoms with van der Waals surface area (Å²) in [5.41, 5.74) is 2.05. The van der Waals surface area contributed by atoms with Crippen molar-refractivity contribution in [3.05, 3.63) is 52.5 Å². The highest BCUT2D eigenvalue weighted by atomic mass is 32.1. The van der Waals surface area contributed by atoms with E-state index in [0.29, 0.717) is 12.4 Å². The van der Waals surface area contributed by atoms with Gasteiger partial charge in [-0.25, -0.2) is 0 Å². The Labute approximate surface area is 162 Å². The van der Waals surface area contributed by atoms with E-state index in [1.807, 2.05) is 29.6 Å². The van der Waals surface area contributed by atoms with E-state index in [9.17, 15) is 4.79 Å². The van der Waals surface area contributed by atoms with Crippen molar-refractivity contribution in [2.24, 2.45) is 5.92 Å². The molecule has 0 aliphatic carbocycles. The maximum Gasteiger partial charge on any atom is 0.316 e. The highest BCUT2D eigenvalue weighted by molar-refractivity contribution is 7.09. The van der Waals surface area contributed by atoms with Gasteiger partial charge in [0.1, 0.15) is 0 Å². The summed E-state index contributed by atoms with van der Waals surface area (Å²) in [4.78, 5) is 19.9. The summed E-state index contributed by atoms with van der Waals surface area (Å²) >= 11 is 1.59. The number of hydrogen-bond acceptors (Lipinski definition) is 6. The third kappa shape index (κ3) is 4.19. The van der Waals surface area contributed by atoms with E-state index in [4.69, 9.17) is 4.52 Å². The van der Waals surface area contributed by atoms with Crippen molar-refractivity contribution < 1.29 is 9.32 Å². The number of nitrogens with one attached hydrogen (secondary N) is 1. The molecular weight excluding hydrogens is 360 g/mol. The summed E-state index contributed by atoms with van der Waals surface area (Å²) < 4.78 is 5.13. The fourth-order valence-corrected chi connectivity index (χ4v) is 3.82. The van der Waals surface area contributed by atoms with E-state index >= 15 is 0 Å². The predicted molar refractivity (Wildman–Crippen MR) is 106 cm³/mol. The average Bonchev–Trinajstić information content (AvgIpc) is 3.39. The minimum absolute atomic E-state index is 0.0179. The summed E-state index contributed by atoms with van der Waals surface area (Å²) in [5.74, 6) is 0.858. The fraction of sp³-hybridized carbons (Fsp3) is 0.350. The SMILES string of the molecule is CC1CCN(c2ccc(-c3noc(C(=O)NCc4cccs4)n3)cc2)CC1. The molecule has 1 aromatic carbocycles. The van der Waals surface area contributed by atoms with Crippen LogP contribution in [0.4, 0.5) is 5.69 Å². The van der Waals surface area contributed by atoms with Crippen LogP contribution in [-0.4, -0.2) is 29.1 Å². The maximum atomic E-state index is 12.2. The van der Waals surface area contributed by atoms with Gasteiger partial charge in [0.05, 0.1) is 6.54 Å². The Morgan fingerprint density at radius 3 is 2.74 bits per heavy atom. The smallest absolute Gasteiger partial charge is 0.316 e. The van der Waals surface area contributed by atoms with Gasteiger partial charge in [-0.3, -0.25) is 4.79 Å². The molecule has 0 atom stereocenters. The normalized spacial score (nSPS) is 15.1. The average molecular weight is 382 g/mol. The van der Waals surface area contributed by atoms with Gasteiger partial charge in [0.2, 0.25) is 5.82 Å². The van der Waals surface area contributed by atoms with Crippen molar-refractivity contribution in [1.82, 2.24) is 15.5 Å². The molecule has 1 N–H and O–H groups in total. The van der Waals surface area contributed by atoms with Crippen LogP contribution in [0.15, 0.2) is 46.3 Å². The molecule has 3 aromatic rings. The van der Waals surface area contributed by atoms with E-state index in [1.165, 1.54) is 18.5 Å². The van der Waals surface area contributed by atoms with Crippen LogP contribution in [0.2, 0.25) is 0 Å². The van der Waals surface area contributed by atoms with Crippen molar-refractivity contribution in [2.45, 2.75) is 26.3 Å². The third-order valence-electron chi connectivity index (χ3n) is 4.90. The quantitative estimate of drug-likeness (QED) is 0.723. The van der Waals surface area contributed by atoms with Gasteiger partial charge in [-0.1, -0.05) is 18.1 Å². The standard InChI is InChI=1S/C20H22N4O2S/c1-14-8-10-24(11-9-14)16-6-4-15(5-7-16)18-22-20(26-23-18)19(25)21-13-17-3-2-12-27-17/h2-7,12,14H,8-11,13H2,1H3,(H,21,25). The second kappa shape index (κ2) is 7.92. The lowest BCUT2D eigenvalue weighted by atomic mass is 9.98. The molecule has 0 radical (unpaired) electrons. The maximum absolute atomic E-state index is 12.2. The van der Waals surface area contributed by atoms with Crippen LogP contribution in [-0.2, 0) is 6.54 Å². The molecule has 140 valence electrons. The molecule has 4 rings (SSSR count). The lowest BCUT2D eigenvalue weighted by Crippen LogP contribution is -2.32. The second-order valence-electron chi connectivity index (χ2n) is 6.90. The van der Waals surface area contributed by atoms with Crippen LogP contribution < -0.4 is 10.2 Å². The summed E-state index contributed by atoms with van der Waals surface area (Å²) in [6.45, 7) is 4.96. The third-order valence-corrected chi connectivity index (χ3v) is 5.77. The Balaban J connectivity index is 1.39. The van der Waals surface area contributed by atoms with Crippen LogP contribution in [0.5, 0.6) is 0 Å². The number of thiophene rings is 1. The summed E-state index contributed by atoms with van der Waals surface area (Å²) in [6.07, 6.45) is 2.47. The lowest BCUT2D eigenvalue weighted by Gasteiger charge is -2.32. The van der Waals surface area contributed by atoms with E-state index in [0.717, 1.165) is 29.4 Å². The highest BCUT2D eigenvalue weighted by Crippen LogP contribution is 2.25. The Morgan fingerprint density at radius 1 is 1.26 bits per heavy atom. The number of rotatable bonds is 5. The highest BCUT2D eigenvalue weighted by Gasteiger charge is 2.18. The number of hydrogen-bond donors (Lipinski definition) is 1. The van der Waals surface area contributed by atoms with Crippen LogP contribution >= 0.6 is 11.3 Å². The van der Waals surface area contributed by atoms with Gasteiger partial charge in [0.15, 0.2) is 0 Å². The van der Waals surface area contributed by atoms with E-state index in [-0.39, 0.29) is 11.8 Å². The molecule has 1 aliphatic heterocycles. The van der Waals surface area contributed by atoms with Crippen molar-refractivity contribution in [3.8, 4) is 11.4 Å². The number of aromatic nitrogens is 2. The van der Waals surface area contributed by atoms with Crippen LogP contribution in [0, 0.1) is 5.92 Å². The first-order chi connectivity index (χ1) is 13.2. The van der Waals surface area contributed by atoms with Crippen molar-refractivity contribution in [2.75, 3.05) is 18.0 Å². The second-order valence-corrected chi connectivity index (χ2v) is 7.93. The van der Waals surface area contributed by atoms with E-state index < -0.39 is 0 Å². The van der Waals surface area contributed by atoms with Gasteiger partial charge in [0.25, 0.3) is 0 Å². The zero-order chi connectivity index (χ0) is 18.6. The van der Waals surface area contributed by atoms with Crippen molar-refractivity contribution >= 4 is 22.9 Å². The van der Waals surface area contributed by atoms with Crippen LogP contribution in [0.1, 0.15) is 35.3 Å². The number of benzene rings is 1. The molecule has 6 nitrogen and oxygen atoms in total. The van der Waals surface area contributed by atoms with E-state index in [2.05, 4.69) is 39.4 Å². The van der Waals surface area contributed by atoms with E-state index in [1.54, 1.807) is 11.3 Å². The van der Waals surface area contributed by atoms with Gasteiger partial charge in [0, 0.05) is 29.2 Å². The number of nitrogens with zero attached hydrogens (tertiary/aromatic N) is 3. The predicted octanol–water partition coefficient (Wildman–Crippen LogP) is 3.96. The number of anilines is 1.